The minimum atomic E-state index is -0.0240. The molecule has 1 aromatic heterocycles. The molecular formula is C18H16N2O. The highest BCUT2D eigenvalue weighted by atomic mass is 16.3. The minimum absolute atomic E-state index is 0.0240. The molecule has 3 heteroatoms. The number of aliphatic hydroxyl groups excluding tert-OH is 1. The van der Waals surface area contributed by atoms with Crippen molar-refractivity contribution in [3.63, 3.8) is 0 Å². The Morgan fingerprint density at radius 1 is 1.33 bits per heavy atom. The van der Waals surface area contributed by atoms with E-state index >= 15 is 0 Å². The van der Waals surface area contributed by atoms with Crippen molar-refractivity contribution in [1.29, 1.82) is 5.26 Å². The molecule has 0 aliphatic heterocycles. The van der Waals surface area contributed by atoms with Crippen LogP contribution in [0.15, 0.2) is 73.2 Å². The average Bonchev–Trinajstić information content (AvgIpc) is 2.86. The van der Waals surface area contributed by atoms with Gasteiger partial charge in [0.1, 0.15) is 11.8 Å². The third-order valence-electron chi connectivity index (χ3n) is 3.27. The van der Waals surface area contributed by atoms with Crippen LogP contribution in [0.1, 0.15) is 12.5 Å². The number of nitrogens with zero attached hydrogens (tertiary/aromatic N) is 2. The summed E-state index contributed by atoms with van der Waals surface area (Å²) in [5.41, 5.74) is 3.09. The van der Waals surface area contributed by atoms with Crippen molar-refractivity contribution in [2.24, 2.45) is 0 Å². The number of benzene rings is 1. The molecule has 2 aromatic rings. The maximum Gasteiger partial charge on any atom is 0.115 e. The molecule has 2 rings (SSSR count). The number of aliphatic hydroxyl groups is 1. The summed E-state index contributed by atoms with van der Waals surface area (Å²) in [5.74, 6) is -0.0240. The number of para-hydroxylation sites is 1. The van der Waals surface area contributed by atoms with Crippen molar-refractivity contribution in [2.75, 3.05) is 0 Å². The third-order valence-corrected chi connectivity index (χ3v) is 3.27. The van der Waals surface area contributed by atoms with Crippen LogP contribution in [0, 0.1) is 11.3 Å². The second kappa shape index (κ2) is 5.98. The Kier molecular flexibility index (Phi) is 4.10. The van der Waals surface area contributed by atoms with Gasteiger partial charge in [-0.25, -0.2) is 0 Å². The SMILES string of the molecule is C=C/C(=C\C=C(/C)n1cc(C#N)c2ccccc21)C(=C)O. The van der Waals surface area contributed by atoms with Crippen LogP contribution in [0.5, 0.6) is 0 Å². The fraction of sp³-hybridized carbons (Fsp3) is 0.0556. The molecule has 0 radical (unpaired) electrons. The smallest absolute Gasteiger partial charge is 0.115 e. The lowest BCUT2D eigenvalue weighted by Gasteiger charge is -2.05. The summed E-state index contributed by atoms with van der Waals surface area (Å²) in [5, 5.41) is 19.5. The Morgan fingerprint density at radius 2 is 2.05 bits per heavy atom. The molecule has 104 valence electrons. The van der Waals surface area contributed by atoms with E-state index in [0.29, 0.717) is 11.1 Å². The lowest BCUT2D eigenvalue weighted by atomic mass is 10.2. The van der Waals surface area contributed by atoms with Crippen LogP contribution in [0.4, 0.5) is 0 Å². The predicted molar refractivity (Wildman–Crippen MR) is 86.6 cm³/mol. The van der Waals surface area contributed by atoms with Gasteiger partial charge in [0.2, 0.25) is 0 Å². The van der Waals surface area contributed by atoms with Crippen molar-refractivity contribution in [1.82, 2.24) is 4.57 Å². The van der Waals surface area contributed by atoms with Crippen molar-refractivity contribution in [3.05, 3.63) is 78.7 Å². The van der Waals surface area contributed by atoms with Crippen molar-refractivity contribution >= 4 is 16.6 Å². The molecule has 1 heterocycles. The maximum atomic E-state index is 9.40. The number of nitriles is 1. The molecule has 0 fully saturated rings. The molecule has 0 unspecified atom stereocenters. The molecule has 1 aromatic carbocycles. The van der Waals surface area contributed by atoms with Gasteiger partial charge in [0.15, 0.2) is 0 Å². The lowest BCUT2D eigenvalue weighted by molar-refractivity contribution is 0.429. The Balaban J connectivity index is 2.54. The van der Waals surface area contributed by atoms with Gasteiger partial charge in [-0.05, 0) is 25.1 Å². The highest BCUT2D eigenvalue weighted by molar-refractivity contribution is 5.89. The predicted octanol–water partition coefficient (Wildman–Crippen LogP) is 4.56. The second-order valence-corrected chi connectivity index (χ2v) is 4.62. The molecule has 0 amide bonds. The van der Waals surface area contributed by atoms with E-state index in [2.05, 4.69) is 19.2 Å². The first-order valence-corrected chi connectivity index (χ1v) is 6.48. The van der Waals surface area contributed by atoms with Crippen molar-refractivity contribution < 1.29 is 5.11 Å². The van der Waals surface area contributed by atoms with Gasteiger partial charge in [-0.3, -0.25) is 0 Å². The molecule has 0 saturated carbocycles. The highest BCUT2D eigenvalue weighted by Gasteiger charge is 2.07. The van der Waals surface area contributed by atoms with Gasteiger partial charge < -0.3 is 9.67 Å². The van der Waals surface area contributed by atoms with E-state index in [1.807, 2.05) is 48.0 Å². The molecule has 0 atom stereocenters. The number of aromatic nitrogens is 1. The number of rotatable bonds is 4. The minimum Gasteiger partial charge on any atom is -0.508 e. The summed E-state index contributed by atoms with van der Waals surface area (Å²) in [7, 11) is 0. The Labute approximate surface area is 124 Å². The zero-order valence-electron chi connectivity index (χ0n) is 11.9. The summed E-state index contributed by atoms with van der Waals surface area (Å²) in [6.07, 6.45) is 6.95. The number of hydrogen-bond acceptors (Lipinski definition) is 2. The fourth-order valence-corrected chi connectivity index (χ4v) is 2.13. The van der Waals surface area contributed by atoms with E-state index in [9.17, 15) is 10.4 Å². The Hall–Kier alpha value is -2.99. The summed E-state index contributed by atoms with van der Waals surface area (Å²) in [6.45, 7) is 9.05. The highest BCUT2D eigenvalue weighted by Crippen LogP contribution is 2.24. The normalized spacial score (nSPS) is 12.2. The topological polar surface area (TPSA) is 49.0 Å². The second-order valence-electron chi connectivity index (χ2n) is 4.62. The molecule has 21 heavy (non-hydrogen) atoms. The van der Waals surface area contributed by atoms with Gasteiger partial charge in [-0.2, -0.15) is 5.26 Å². The zero-order valence-corrected chi connectivity index (χ0v) is 11.9. The number of allylic oxidation sites excluding steroid dienone is 4. The van der Waals surface area contributed by atoms with Gasteiger partial charge >= 0.3 is 0 Å². The van der Waals surface area contributed by atoms with Crippen LogP contribution in [0.3, 0.4) is 0 Å². The molecule has 0 saturated heterocycles. The molecule has 1 N–H and O–H groups in total. The van der Waals surface area contributed by atoms with Crippen LogP contribution in [0.25, 0.3) is 16.6 Å². The first-order valence-electron chi connectivity index (χ1n) is 6.48. The van der Waals surface area contributed by atoms with Crippen molar-refractivity contribution in [3.8, 4) is 6.07 Å². The molecule has 0 bridgehead atoms. The summed E-state index contributed by atoms with van der Waals surface area (Å²) >= 11 is 0. The van der Waals surface area contributed by atoms with Gasteiger partial charge in [0, 0.05) is 22.9 Å². The molecule has 0 spiro atoms. The quantitative estimate of drug-likeness (QED) is 0.657. The largest absolute Gasteiger partial charge is 0.508 e. The van der Waals surface area contributed by atoms with E-state index in [-0.39, 0.29) is 5.76 Å². The van der Waals surface area contributed by atoms with E-state index in [0.717, 1.165) is 16.6 Å². The first kappa shape index (κ1) is 14.4. The van der Waals surface area contributed by atoms with E-state index < -0.39 is 0 Å². The zero-order chi connectivity index (χ0) is 15.4. The molecular weight excluding hydrogens is 260 g/mol. The standard InChI is InChI=1S/C18H16N2O/c1-4-15(14(3)21)10-9-13(2)20-12-16(11-19)17-7-5-6-8-18(17)20/h4-10,12,21H,1,3H2,2H3/b13-9+,15-10+. The Bertz CT molecular complexity index is 813. The lowest BCUT2D eigenvalue weighted by Crippen LogP contribution is -1.91. The molecule has 0 aliphatic carbocycles. The van der Waals surface area contributed by atoms with E-state index in [1.54, 1.807) is 12.2 Å². The monoisotopic (exact) mass is 276 g/mol. The van der Waals surface area contributed by atoms with Crippen LogP contribution in [-0.4, -0.2) is 9.67 Å². The number of fused-ring (bicyclic) bond motifs is 1. The summed E-state index contributed by atoms with van der Waals surface area (Å²) in [4.78, 5) is 0. The Morgan fingerprint density at radius 3 is 2.67 bits per heavy atom. The average molecular weight is 276 g/mol. The molecule has 3 nitrogen and oxygen atoms in total. The van der Waals surface area contributed by atoms with Crippen molar-refractivity contribution in [2.45, 2.75) is 6.92 Å². The van der Waals surface area contributed by atoms with Gasteiger partial charge in [0.25, 0.3) is 0 Å². The van der Waals surface area contributed by atoms with Gasteiger partial charge in [-0.15, -0.1) is 0 Å². The first-order chi connectivity index (χ1) is 10.1. The van der Waals surface area contributed by atoms with Gasteiger partial charge in [-0.1, -0.05) is 37.4 Å². The van der Waals surface area contributed by atoms with Crippen LogP contribution in [-0.2, 0) is 0 Å². The van der Waals surface area contributed by atoms with E-state index in [4.69, 9.17) is 0 Å². The maximum absolute atomic E-state index is 9.40. The van der Waals surface area contributed by atoms with Crippen LogP contribution in [0.2, 0.25) is 0 Å². The summed E-state index contributed by atoms with van der Waals surface area (Å²) in [6, 6.07) is 9.96. The number of hydrogen-bond donors (Lipinski definition) is 1. The van der Waals surface area contributed by atoms with Gasteiger partial charge in [0.05, 0.1) is 11.1 Å². The summed E-state index contributed by atoms with van der Waals surface area (Å²) < 4.78 is 1.95. The van der Waals surface area contributed by atoms with Crippen LogP contribution < -0.4 is 0 Å². The fourth-order valence-electron chi connectivity index (χ4n) is 2.13. The third kappa shape index (κ3) is 2.80. The molecule has 0 aliphatic rings. The van der Waals surface area contributed by atoms with Crippen LogP contribution >= 0.6 is 0 Å². The van der Waals surface area contributed by atoms with E-state index in [1.165, 1.54) is 0 Å².